The van der Waals surface area contributed by atoms with Crippen molar-refractivity contribution in [3.8, 4) is 0 Å². The van der Waals surface area contributed by atoms with Crippen LogP contribution >= 0.6 is 11.6 Å². The lowest BCUT2D eigenvalue weighted by Crippen LogP contribution is -2.49. The summed E-state index contributed by atoms with van der Waals surface area (Å²) in [4.78, 5) is 17.2. The molecule has 1 heterocycles. The summed E-state index contributed by atoms with van der Waals surface area (Å²) < 4.78 is 2.14. The van der Waals surface area contributed by atoms with Gasteiger partial charge in [0.05, 0.1) is 22.8 Å². The second kappa shape index (κ2) is 7.12. The van der Waals surface area contributed by atoms with Crippen LogP contribution in [0.15, 0.2) is 54.9 Å². The molecule has 1 aliphatic carbocycles. The Hall–Kier alpha value is -2.33. The first kappa shape index (κ1) is 17.1. The Labute approximate surface area is 158 Å². The van der Waals surface area contributed by atoms with Gasteiger partial charge in [-0.2, -0.15) is 0 Å². The summed E-state index contributed by atoms with van der Waals surface area (Å²) in [6.45, 7) is 1.51. The highest BCUT2D eigenvalue weighted by atomic mass is 35.5. The molecule has 134 valence electrons. The van der Waals surface area contributed by atoms with E-state index in [1.165, 1.54) is 0 Å². The van der Waals surface area contributed by atoms with Gasteiger partial charge in [0, 0.05) is 18.1 Å². The molecule has 1 amide bonds. The maximum absolute atomic E-state index is 12.8. The Balaban J connectivity index is 1.35. The molecule has 26 heavy (non-hydrogen) atoms. The maximum atomic E-state index is 12.8. The summed E-state index contributed by atoms with van der Waals surface area (Å²) >= 11 is 5.99. The van der Waals surface area contributed by atoms with E-state index < -0.39 is 0 Å². The van der Waals surface area contributed by atoms with E-state index in [2.05, 4.69) is 20.9 Å². The zero-order chi connectivity index (χ0) is 18.0. The number of hydrogen-bond acceptors (Lipinski definition) is 2. The Morgan fingerprint density at radius 3 is 2.65 bits per heavy atom. The molecule has 2 aromatic carbocycles. The summed E-state index contributed by atoms with van der Waals surface area (Å²) in [5, 5.41) is 3.85. The van der Waals surface area contributed by atoms with Crippen LogP contribution in [0.2, 0.25) is 5.02 Å². The highest BCUT2D eigenvalue weighted by Gasteiger charge is 2.45. The minimum absolute atomic E-state index is 0.140. The van der Waals surface area contributed by atoms with Crippen LogP contribution in [0.1, 0.15) is 31.2 Å². The number of hydrogen-bond donors (Lipinski definition) is 1. The lowest BCUT2D eigenvalue weighted by Gasteiger charge is -2.40. The first-order valence-electron chi connectivity index (χ1n) is 9.13. The number of carbonyl (C=O) groups is 1. The van der Waals surface area contributed by atoms with Crippen molar-refractivity contribution < 1.29 is 4.79 Å². The predicted molar refractivity (Wildman–Crippen MR) is 104 cm³/mol. The molecule has 1 aromatic heterocycles. The van der Waals surface area contributed by atoms with Crippen molar-refractivity contribution in [2.45, 2.75) is 37.6 Å². The van der Waals surface area contributed by atoms with Gasteiger partial charge in [-0.1, -0.05) is 42.3 Å². The van der Waals surface area contributed by atoms with E-state index >= 15 is 0 Å². The average molecular weight is 368 g/mol. The summed E-state index contributed by atoms with van der Waals surface area (Å²) in [6, 6.07) is 15.8. The molecular weight excluding hydrogens is 346 g/mol. The number of fused-ring (bicyclic) bond motifs is 1. The lowest BCUT2D eigenvalue weighted by molar-refractivity contribution is -0.129. The molecule has 0 atom stereocenters. The van der Waals surface area contributed by atoms with Crippen LogP contribution in [0.5, 0.6) is 0 Å². The van der Waals surface area contributed by atoms with E-state index in [1.54, 1.807) is 0 Å². The van der Waals surface area contributed by atoms with Gasteiger partial charge < -0.3 is 9.88 Å². The molecule has 0 radical (unpaired) electrons. The topological polar surface area (TPSA) is 46.9 Å². The van der Waals surface area contributed by atoms with Crippen LogP contribution in [0, 0.1) is 0 Å². The molecule has 1 N–H and O–H groups in total. The Kier molecular flexibility index (Phi) is 4.68. The van der Waals surface area contributed by atoms with E-state index in [0.717, 1.165) is 48.8 Å². The standard InChI is InChI=1S/C21H22ClN3O/c22-17-9-7-16(8-10-17)21(11-3-12-21)20(26)23-13-4-14-25-15-24-18-5-1-2-6-19(18)25/h1-2,5-10,15H,3-4,11-14H2,(H,23,26). The molecule has 0 aliphatic heterocycles. The Bertz CT molecular complexity index is 912. The number of nitrogens with one attached hydrogen (secondary N) is 1. The van der Waals surface area contributed by atoms with E-state index in [4.69, 9.17) is 11.6 Å². The van der Waals surface area contributed by atoms with Gasteiger partial charge in [-0.15, -0.1) is 0 Å². The van der Waals surface area contributed by atoms with Gasteiger partial charge in [-0.25, -0.2) is 4.98 Å². The van der Waals surface area contributed by atoms with Gasteiger partial charge in [-0.3, -0.25) is 4.79 Å². The summed E-state index contributed by atoms with van der Waals surface area (Å²) in [7, 11) is 0. The molecule has 1 saturated carbocycles. The minimum Gasteiger partial charge on any atom is -0.355 e. The van der Waals surface area contributed by atoms with Crippen molar-refractivity contribution in [1.29, 1.82) is 0 Å². The molecule has 0 saturated heterocycles. The summed E-state index contributed by atoms with van der Waals surface area (Å²) in [5.74, 6) is 0.140. The number of aryl methyl sites for hydroxylation is 1. The molecule has 1 fully saturated rings. The highest BCUT2D eigenvalue weighted by molar-refractivity contribution is 6.30. The number of para-hydroxylation sites is 2. The average Bonchev–Trinajstić information content (AvgIpc) is 3.03. The van der Waals surface area contributed by atoms with E-state index in [-0.39, 0.29) is 11.3 Å². The SMILES string of the molecule is O=C(NCCCn1cnc2ccccc21)C1(c2ccc(Cl)cc2)CCC1. The van der Waals surface area contributed by atoms with Gasteiger partial charge in [0.2, 0.25) is 5.91 Å². The van der Waals surface area contributed by atoms with Gasteiger partial charge in [0.1, 0.15) is 0 Å². The molecule has 5 heteroatoms. The molecule has 0 spiro atoms. The number of benzene rings is 2. The number of imidazole rings is 1. The third-order valence-corrected chi connectivity index (χ3v) is 5.68. The molecule has 0 unspecified atom stereocenters. The van der Waals surface area contributed by atoms with Crippen molar-refractivity contribution in [3.05, 3.63) is 65.4 Å². The fourth-order valence-electron chi connectivity index (χ4n) is 3.76. The normalized spacial score (nSPS) is 15.6. The second-order valence-electron chi connectivity index (χ2n) is 6.98. The van der Waals surface area contributed by atoms with Crippen molar-refractivity contribution in [3.63, 3.8) is 0 Å². The van der Waals surface area contributed by atoms with Crippen LogP contribution in [0.3, 0.4) is 0 Å². The van der Waals surface area contributed by atoms with E-state index in [9.17, 15) is 4.79 Å². The molecular formula is C21H22ClN3O. The number of rotatable bonds is 6. The van der Waals surface area contributed by atoms with Gasteiger partial charge >= 0.3 is 0 Å². The second-order valence-corrected chi connectivity index (χ2v) is 7.42. The molecule has 0 bridgehead atoms. The third kappa shape index (κ3) is 3.10. The fourth-order valence-corrected chi connectivity index (χ4v) is 3.88. The quantitative estimate of drug-likeness (QED) is 0.659. The molecule has 4 nitrogen and oxygen atoms in total. The lowest BCUT2D eigenvalue weighted by atomic mass is 9.64. The molecule has 1 aliphatic rings. The number of carbonyl (C=O) groups excluding carboxylic acids is 1. The van der Waals surface area contributed by atoms with E-state index in [0.29, 0.717) is 11.6 Å². The van der Waals surface area contributed by atoms with E-state index in [1.807, 2.05) is 48.8 Å². The zero-order valence-electron chi connectivity index (χ0n) is 14.6. The van der Waals surface area contributed by atoms with Gasteiger partial charge in [-0.05, 0) is 49.1 Å². The van der Waals surface area contributed by atoms with Crippen LogP contribution in [-0.2, 0) is 16.8 Å². The van der Waals surface area contributed by atoms with Gasteiger partial charge in [0.25, 0.3) is 0 Å². The van der Waals surface area contributed by atoms with Crippen LogP contribution in [-0.4, -0.2) is 22.0 Å². The largest absolute Gasteiger partial charge is 0.355 e. The van der Waals surface area contributed by atoms with Crippen molar-refractivity contribution >= 4 is 28.5 Å². The third-order valence-electron chi connectivity index (χ3n) is 5.43. The van der Waals surface area contributed by atoms with Crippen LogP contribution in [0.4, 0.5) is 0 Å². The van der Waals surface area contributed by atoms with Crippen molar-refractivity contribution in [2.75, 3.05) is 6.54 Å². The zero-order valence-corrected chi connectivity index (χ0v) is 15.4. The maximum Gasteiger partial charge on any atom is 0.230 e. The highest BCUT2D eigenvalue weighted by Crippen LogP contribution is 2.44. The smallest absolute Gasteiger partial charge is 0.230 e. The Morgan fingerprint density at radius 2 is 1.92 bits per heavy atom. The fraction of sp³-hybridized carbons (Fsp3) is 0.333. The van der Waals surface area contributed by atoms with Crippen molar-refractivity contribution in [1.82, 2.24) is 14.9 Å². The van der Waals surface area contributed by atoms with Gasteiger partial charge in [0.15, 0.2) is 0 Å². The predicted octanol–water partition coefficient (Wildman–Crippen LogP) is 4.32. The number of nitrogens with zero attached hydrogens (tertiary/aromatic N) is 2. The number of amides is 1. The van der Waals surface area contributed by atoms with Crippen LogP contribution in [0.25, 0.3) is 11.0 Å². The first-order valence-corrected chi connectivity index (χ1v) is 9.51. The van der Waals surface area contributed by atoms with Crippen LogP contribution < -0.4 is 5.32 Å². The minimum atomic E-state index is -0.369. The first-order chi connectivity index (χ1) is 12.7. The molecule has 3 aromatic rings. The number of halogens is 1. The summed E-state index contributed by atoms with van der Waals surface area (Å²) in [5.41, 5.74) is 2.85. The monoisotopic (exact) mass is 367 g/mol. The number of aromatic nitrogens is 2. The Morgan fingerprint density at radius 1 is 1.15 bits per heavy atom. The summed E-state index contributed by atoms with van der Waals surface area (Å²) in [6.07, 6.45) is 5.66. The van der Waals surface area contributed by atoms with Crippen molar-refractivity contribution in [2.24, 2.45) is 0 Å². The molecule has 4 rings (SSSR count).